The van der Waals surface area contributed by atoms with Crippen LogP contribution in [0.3, 0.4) is 0 Å². The Morgan fingerprint density at radius 3 is 2.56 bits per heavy atom. The minimum atomic E-state index is -0.0428. The molecule has 1 heterocycles. The number of nitrogens with zero attached hydrogens (tertiary/aromatic N) is 2. The number of phenols is 1. The molecule has 4 atom stereocenters. The second-order valence-electron chi connectivity index (χ2n) is 9.07. The molecule has 148 valence electrons. The minimum Gasteiger partial charge on any atom is -0.507 e. The standard InChI is InChI=1S/C22H32N2O3/c1-14-4-7-18(20(25)8-14)22(26)24-11-16-9-19(23(2)3)21(10-17(16)12-24)27-13-15-5-6-15/h4,7-8,15-17,19,21,25H,5-6,9-13H2,1-3H3/t16-,17+,19-,21-/m1/s1. The summed E-state index contributed by atoms with van der Waals surface area (Å²) in [5, 5.41) is 10.2. The van der Waals surface area contributed by atoms with E-state index in [1.165, 1.54) is 12.8 Å². The number of rotatable bonds is 5. The quantitative estimate of drug-likeness (QED) is 0.863. The number of benzene rings is 1. The molecule has 5 heteroatoms. The van der Waals surface area contributed by atoms with Crippen molar-refractivity contribution in [1.29, 1.82) is 0 Å². The van der Waals surface area contributed by atoms with Crippen LogP contribution >= 0.6 is 0 Å². The Kier molecular flexibility index (Phi) is 5.17. The molecule has 1 aromatic carbocycles. The molecule has 0 unspecified atom stereocenters. The van der Waals surface area contributed by atoms with Crippen LogP contribution in [0.25, 0.3) is 0 Å². The number of aromatic hydroxyl groups is 1. The van der Waals surface area contributed by atoms with Gasteiger partial charge in [-0.25, -0.2) is 0 Å². The molecular formula is C22H32N2O3. The van der Waals surface area contributed by atoms with E-state index in [1.807, 2.05) is 17.9 Å². The number of likely N-dealkylation sites (tertiary alicyclic amines) is 1. The highest BCUT2D eigenvalue weighted by Crippen LogP contribution is 2.40. The van der Waals surface area contributed by atoms with E-state index in [9.17, 15) is 9.90 Å². The lowest BCUT2D eigenvalue weighted by atomic mass is 9.77. The van der Waals surface area contributed by atoms with Crippen LogP contribution in [0.15, 0.2) is 18.2 Å². The summed E-state index contributed by atoms with van der Waals surface area (Å²) < 4.78 is 6.32. The van der Waals surface area contributed by atoms with Crippen LogP contribution in [-0.2, 0) is 4.74 Å². The second-order valence-corrected chi connectivity index (χ2v) is 9.07. The molecule has 1 N–H and O–H groups in total. The topological polar surface area (TPSA) is 53.0 Å². The predicted octanol–water partition coefficient (Wildman–Crippen LogP) is 2.91. The van der Waals surface area contributed by atoms with Crippen molar-refractivity contribution in [2.75, 3.05) is 33.8 Å². The first-order chi connectivity index (χ1) is 12.9. The molecular weight excluding hydrogens is 340 g/mol. The van der Waals surface area contributed by atoms with Gasteiger partial charge in [0.15, 0.2) is 0 Å². The Morgan fingerprint density at radius 2 is 1.93 bits per heavy atom. The van der Waals surface area contributed by atoms with E-state index in [0.717, 1.165) is 44.0 Å². The molecule has 1 amide bonds. The lowest BCUT2D eigenvalue weighted by Gasteiger charge is -2.41. The van der Waals surface area contributed by atoms with Gasteiger partial charge in [-0.15, -0.1) is 0 Å². The molecule has 1 aliphatic heterocycles. The molecule has 0 radical (unpaired) electrons. The lowest BCUT2D eigenvalue weighted by molar-refractivity contribution is -0.0493. The van der Waals surface area contributed by atoms with Gasteiger partial charge in [-0.05, 0) is 82.2 Å². The molecule has 4 rings (SSSR count). The highest BCUT2D eigenvalue weighted by Gasteiger charge is 2.45. The van der Waals surface area contributed by atoms with Gasteiger partial charge in [0.05, 0.1) is 11.7 Å². The number of carbonyl (C=O) groups is 1. The third kappa shape index (κ3) is 3.99. The van der Waals surface area contributed by atoms with Crippen LogP contribution in [0.5, 0.6) is 5.75 Å². The Balaban J connectivity index is 1.44. The number of aryl methyl sites for hydroxylation is 1. The third-order valence-electron chi connectivity index (χ3n) is 6.66. The first kappa shape index (κ1) is 18.8. The first-order valence-electron chi connectivity index (χ1n) is 10.3. The van der Waals surface area contributed by atoms with Crippen molar-refractivity contribution < 1.29 is 14.6 Å². The van der Waals surface area contributed by atoms with Crippen molar-refractivity contribution >= 4 is 5.91 Å². The summed E-state index contributed by atoms with van der Waals surface area (Å²) in [5.74, 6) is 1.85. The van der Waals surface area contributed by atoms with Crippen LogP contribution in [-0.4, -0.2) is 66.8 Å². The molecule has 0 bridgehead atoms. The van der Waals surface area contributed by atoms with Gasteiger partial charge < -0.3 is 19.6 Å². The van der Waals surface area contributed by atoms with E-state index >= 15 is 0 Å². The monoisotopic (exact) mass is 372 g/mol. The number of phenolic OH excluding ortho intramolecular Hbond substituents is 1. The van der Waals surface area contributed by atoms with Crippen LogP contribution in [0.2, 0.25) is 0 Å². The van der Waals surface area contributed by atoms with Crippen LogP contribution in [0, 0.1) is 24.7 Å². The number of hydrogen-bond acceptors (Lipinski definition) is 4. The third-order valence-corrected chi connectivity index (χ3v) is 6.66. The smallest absolute Gasteiger partial charge is 0.257 e. The minimum absolute atomic E-state index is 0.0428. The maximum atomic E-state index is 13.0. The second kappa shape index (κ2) is 7.44. The summed E-state index contributed by atoms with van der Waals surface area (Å²) in [6.45, 7) is 4.38. The predicted molar refractivity (Wildman–Crippen MR) is 105 cm³/mol. The zero-order valence-corrected chi connectivity index (χ0v) is 16.7. The molecule has 2 aliphatic carbocycles. The van der Waals surface area contributed by atoms with Crippen molar-refractivity contribution in [2.45, 2.75) is 44.8 Å². The fourth-order valence-corrected chi connectivity index (χ4v) is 4.82. The number of fused-ring (bicyclic) bond motifs is 1. The van der Waals surface area contributed by atoms with Gasteiger partial charge in [-0.1, -0.05) is 6.07 Å². The average molecular weight is 373 g/mol. The SMILES string of the molecule is Cc1ccc(C(=O)N2C[C@H]3C[C@@H](N(C)C)[C@H](OCC4CC4)C[C@H]3C2)c(O)c1. The number of ether oxygens (including phenoxy) is 1. The van der Waals surface area contributed by atoms with Crippen molar-refractivity contribution in [3.8, 4) is 5.75 Å². The molecule has 0 aromatic heterocycles. The van der Waals surface area contributed by atoms with E-state index < -0.39 is 0 Å². The molecule has 1 aromatic rings. The largest absolute Gasteiger partial charge is 0.507 e. The number of likely N-dealkylation sites (N-methyl/N-ethyl adjacent to an activating group) is 1. The normalized spacial score (nSPS) is 30.6. The van der Waals surface area contributed by atoms with Crippen molar-refractivity contribution in [1.82, 2.24) is 9.80 Å². The fraction of sp³-hybridized carbons (Fsp3) is 0.682. The molecule has 1 saturated heterocycles. The van der Waals surface area contributed by atoms with E-state index in [1.54, 1.807) is 12.1 Å². The zero-order chi connectivity index (χ0) is 19.1. The van der Waals surface area contributed by atoms with E-state index in [0.29, 0.717) is 23.4 Å². The van der Waals surface area contributed by atoms with E-state index in [4.69, 9.17) is 4.74 Å². The van der Waals surface area contributed by atoms with Gasteiger partial charge >= 0.3 is 0 Å². The summed E-state index contributed by atoms with van der Waals surface area (Å²) in [5.41, 5.74) is 1.38. The molecule has 2 saturated carbocycles. The van der Waals surface area contributed by atoms with Gasteiger partial charge in [-0.3, -0.25) is 4.79 Å². The van der Waals surface area contributed by atoms with Gasteiger partial charge in [0, 0.05) is 25.7 Å². The van der Waals surface area contributed by atoms with Crippen LogP contribution in [0.1, 0.15) is 41.6 Å². The maximum Gasteiger partial charge on any atom is 0.257 e. The Hall–Kier alpha value is -1.59. The van der Waals surface area contributed by atoms with E-state index in [-0.39, 0.29) is 17.8 Å². The number of carbonyl (C=O) groups excluding carboxylic acids is 1. The molecule has 3 aliphatic rings. The summed E-state index contributed by atoms with van der Waals surface area (Å²) in [4.78, 5) is 17.2. The summed E-state index contributed by atoms with van der Waals surface area (Å²) in [6.07, 6.45) is 5.01. The lowest BCUT2D eigenvalue weighted by Crippen LogP contribution is -2.48. The zero-order valence-electron chi connectivity index (χ0n) is 16.7. The Labute approximate surface area is 162 Å². The Bertz CT molecular complexity index is 701. The van der Waals surface area contributed by atoms with Crippen LogP contribution in [0.4, 0.5) is 0 Å². The highest BCUT2D eigenvalue weighted by atomic mass is 16.5. The number of hydrogen-bond donors (Lipinski definition) is 1. The Morgan fingerprint density at radius 1 is 1.22 bits per heavy atom. The molecule has 5 nitrogen and oxygen atoms in total. The summed E-state index contributed by atoms with van der Waals surface area (Å²) in [7, 11) is 4.28. The average Bonchev–Trinajstić information content (AvgIpc) is 3.35. The van der Waals surface area contributed by atoms with Crippen LogP contribution < -0.4 is 0 Å². The first-order valence-corrected chi connectivity index (χ1v) is 10.3. The van der Waals surface area contributed by atoms with Crippen molar-refractivity contribution in [3.63, 3.8) is 0 Å². The molecule has 3 fully saturated rings. The highest BCUT2D eigenvalue weighted by molar-refractivity contribution is 5.97. The van der Waals surface area contributed by atoms with Gasteiger partial charge in [-0.2, -0.15) is 0 Å². The molecule has 0 spiro atoms. The molecule has 27 heavy (non-hydrogen) atoms. The number of amides is 1. The van der Waals surface area contributed by atoms with Gasteiger partial charge in [0.2, 0.25) is 0 Å². The van der Waals surface area contributed by atoms with Crippen molar-refractivity contribution in [2.24, 2.45) is 17.8 Å². The van der Waals surface area contributed by atoms with Gasteiger partial charge in [0.25, 0.3) is 5.91 Å². The van der Waals surface area contributed by atoms with Crippen molar-refractivity contribution in [3.05, 3.63) is 29.3 Å². The fourth-order valence-electron chi connectivity index (χ4n) is 4.82. The van der Waals surface area contributed by atoms with Gasteiger partial charge in [0.1, 0.15) is 5.75 Å². The van der Waals surface area contributed by atoms with E-state index in [2.05, 4.69) is 19.0 Å². The maximum absolute atomic E-state index is 13.0. The summed E-state index contributed by atoms with van der Waals surface area (Å²) >= 11 is 0. The summed E-state index contributed by atoms with van der Waals surface area (Å²) in [6, 6.07) is 5.73.